The van der Waals surface area contributed by atoms with E-state index in [0.29, 0.717) is 28.3 Å². The highest BCUT2D eigenvalue weighted by Crippen LogP contribution is 2.23. The van der Waals surface area contributed by atoms with Crippen molar-refractivity contribution in [2.75, 3.05) is 0 Å². The molecule has 36 heavy (non-hydrogen) atoms. The number of carbonyl (C=O) groups is 1. The zero-order valence-corrected chi connectivity index (χ0v) is 21.1. The van der Waals surface area contributed by atoms with Gasteiger partial charge in [0.1, 0.15) is 10.7 Å². The maximum atomic E-state index is 13.0. The van der Waals surface area contributed by atoms with E-state index in [1.165, 1.54) is 5.56 Å². The minimum atomic E-state index is -0.449. The first-order valence-electron chi connectivity index (χ1n) is 11.9. The minimum Gasteiger partial charge on any atom is -0.348 e. The summed E-state index contributed by atoms with van der Waals surface area (Å²) in [6, 6.07) is 14.5. The minimum absolute atomic E-state index is 0.0982. The predicted octanol–water partition coefficient (Wildman–Crippen LogP) is 3.10. The zero-order valence-electron chi connectivity index (χ0n) is 21.1. The fourth-order valence-electron chi connectivity index (χ4n) is 3.97. The van der Waals surface area contributed by atoms with Crippen molar-refractivity contribution in [3.63, 3.8) is 0 Å². The van der Waals surface area contributed by atoms with E-state index in [9.17, 15) is 14.4 Å². The van der Waals surface area contributed by atoms with Crippen LogP contribution in [0.5, 0.6) is 0 Å². The number of carbonyl (C=O) groups excluding carboxylic acids is 1. The van der Waals surface area contributed by atoms with Crippen LogP contribution in [0.25, 0.3) is 12.2 Å². The molecule has 7 heteroatoms. The number of aromatic nitrogens is 4. The third kappa shape index (κ3) is 5.35. The number of aromatic amines is 3. The lowest BCUT2D eigenvalue weighted by atomic mass is 9.90. The first-order chi connectivity index (χ1) is 17.0. The van der Waals surface area contributed by atoms with Gasteiger partial charge >= 0.3 is 0 Å². The van der Waals surface area contributed by atoms with Gasteiger partial charge in [0, 0.05) is 22.2 Å². The second kappa shape index (κ2) is 9.77. The molecule has 0 spiro atoms. The average Bonchev–Trinajstić information content (AvgIpc) is 3.31. The van der Waals surface area contributed by atoms with E-state index in [1.54, 1.807) is 42.7 Å². The van der Waals surface area contributed by atoms with Gasteiger partial charge in [0.25, 0.3) is 11.1 Å². The summed E-state index contributed by atoms with van der Waals surface area (Å²) >= 11 is 0. The topological polar surface area (TPSA) is 111 Å². The number of ketones is 1. The normalized spacial score (nSPS) is 12.9. The van der Waals surface area contributed by atoms with Gasteiger partial charge in [-0.15, -0.1) is 0 Å². The molecule has 0 amide bonds. The molecule has 184 valence electrons. The molecule has 0 saturated heterocycles. The van der Waals surface area contributed by atoms with Crippen LogP contribution < -0.4 is 21.8 Å². The van der Waals surface area contributed by atoms with Crippen LogP contribution in [0.1, 0.15) is 79.0 Å². The van der Waals surface area contributed by atoms with E-state index in [-0.39, 0.29) is 21.9 Å². The van der Waals surface area contributed by atoms with E-state index in [1.807, 2.05) is 45.0 Å². The summed E-state index contributed by atoms with van der Waals surface area (Å²) in [7, 11) is 0. The smallest absolute Gasteiger partial charge is 0.272 e. The van der Waals surface area contributed by atoms with E-state index < -0.39 is 11.1 Å². The third-order valence-corrected chi connectivity index (χ3v) is 5.98. The molecule has 7 nitrogen and oxygen atoms in total. The Kier molecular flexibility index (Phi) is 6.75. The number of H-pyrrole nitrogens is 3. The molecule has 4 aromatic rings. The lowest BCUT2D eigenvalue weighted by Crippen LogP contribution is -2.46. The zero-order chi connectivity index (χ0) is 26.0. The Balaban J connectivity index is 1.69. The molecule has 0 aliphatic carbocycles. The van der Waals surface area contributed by atoms with Crippen LogP contribution in [-0.4, -0.2) is 25.7 Å². The number of nitrogens with zero attached hydrogens (tertiary/aromatic N) is 1. The molecule has 4 rings (SSSR count). The quantitative estimate of drug-likeness (QED) is 0.380. The summed E-state index contributed by atoms with van der Waals surface area (Å²) in [5, 5.41) is 0.213. The highest BCUT2D eigenvalue weighted by atomic mass is 16.1. The monoisotopic (exact) mass is 482 g/mol. The number of hydrogen-bond acceptors (Lipinski definition) is 4. The van der Waals surface area contributed by atoms with Crippen LogP contribution in [0.15, 0.2) is 64.4 Å². The Bertz CT molecular complexity index is 1650. The lowest BCUT2D eigenvalue weighted by molar-refractivity contribution is 0.103. The van der Waals surface area contributed by atoms with Crippen molar-refractivity contribution >= 4 is 17.9 Å². The van der Waals surface area contributed by atoms with Crippen LogP contribution in [0.3, 0.4) is 0 Å². The number of hydrogen-bond donors (Lipinski definition) is 3. The Morgan fingerprint density at radius 1 is 0.889 bits per heavy atom. The van der Waals surface area contributed by atoms with Crippen molar-refractivity contribution < 1.29 is 4.79 Å². The van der Waals surface area contributed by atoms with Crippen LogP contribution in [0, 0.1) is 0 Å². The Hall–Kier alpha value is -4.26. The maximum absolute atomic E-state index is 13.0. The summed E-state index contributed by atoms with van der Waals surface area (Å²) in [6.07, 6.45) is 4.68. The Morgan fingerprint density at radius 2 is 1.53 bits per heavy atom. The fraction of sp³-hybridized carbons (Fsp3) is 0.241. The van der Waals surface area contributed by atoms with Gasteiger partial charge in [-0.1, -0.05) is 77.1 Å². The molecule has 2 aromatic carbocycles. The number of benzene rings is 2. The van der Waals surface area contributed by atoms with Gasteiger partial charge in [-0.3, -0.25) is 14.4 Å². The summed E-state index contributed by atoms with van der Waals surface area (Å²) in [6.45, 7) is 10.3. The van der Waals surface area contributed by atoms with E-state index in [0.717, 1.165) is 5.69 Å². The maximum Gasteiger partial charge on any atom is 0.272 e. The highest BCUT2D eigenvalue weighted by Gasteiger charge is 2.19. The van der Waals surface area contributed by atoms with Crippen LogP contribution >= 0.6 is 0 Å². The van der Waals surface area contributed by atoms with Crippen LogP contribution in [0.4, 0.5) is 0 Å². The van der Waals surface area contributed by atoms with Gasteiger partial charge in [0.15, 0.2) is 5.78 Å². The average molecular weight is 483 g/mol. The summed E-state index contributed by atoms with van der Waals surface area (Å²) < 4.78 is 0. The lowest BCUT2D eigenvalue weighted by Gasteiger charge is -2.16. The summed E-state index contributed by atoms with van der Waals surface area (Å²) in [5.74, 6) is 0.276. The molecule has 0 unspecified atom stereocenters. The largest absolute Gasteiger partial charge is 0.348 e. The SMILES string of the molecule is CC(C)c1ccc(C(=O)c2cccc(/C=c3\[nH]c(=O)/c(=C/c4nc[nH]c4C(C)(C)C)[nH]c3=O)c2)cc1. The second-order valence-electron chi connectivity index (χ2n) is 10.2. The predicted molar refractivity (Wildman–Crippen MR) is 142 cm³/mol. The summed E-state index contributed by atoms with van der Waals surface area (Å²) in [4.78, 5) is 51.2. The first-order valence-corrected chi connectivity index (χ1v) is 11.9. The van der Waals surface area contributed by atoms with Crippen molar-refractivity contribution in [2.45, 2.75) is 46.0 Å². The molecule has 0 radical (unpaired) electrons. The van der Waals surface area contributed by atoms with Gasteiger partial charge < -0.3 is 15.0 Å². The second-order valence-corrected chi connectivity index (χ2v) is 10.2. The summed E-state index contributed by atoms with van der Waals surface area (Å²) in [5.41, 5.74) is 3.23. The van der Waals surface area contributed by atoms with Crippen LogP contribution in [-0.2, 0) is 5.41 Å². The van der Waals surface area contributed by atoms with Gasteiger partial charge in [-0.25, -0.2) is 4.98 Å². The van der Waals surface area contributed by atoms with Crippen molar-refractivity contribution in [1.29, 1.82) is 0 Å². The van der Waals surface area contributed by atoms with E-state index in [4.69, 9.17) is 0 Å². The third-order valence-electron chi connectivity index (χ3n) is 5.98. The van der Waals surface area contributed by atoms with Crippen molar-refractivity contribution in [1.82, 2.24) is 19.9 Å². The highest BCUT2D eigenvalue weighted by molar-refractivity contribution is 6.09. The number of imidazole rings is 1. The van der Waals surface area contributed by atoms with Crippen LogP contribution in [0.2, 0.25) is 0 Å². The molecule has 2 aromatic heterocycles. The van der Waals surface area contributed by atoms with Crippen molar-refractivity contribution in [3.05, 3.63) is 120 Å². The molecular weight excluding hydrogens is 452 g/mol. The van der Waals surface area contributed by atoms with Crippen molar-refractivity contribution in [2.24, 2.45) is 0 Å². The molecule has 0 atom stereocenters. The molecule has 0 aliphatic rings. The van der Waals surface area contributed by atoms with Gasteiger partial charge in [0.2, 0.25) is 0 Å². The molecular formula is C29H30N4O3. The fourth-order valence-corrected chi connectivity index (χ4v) is 3.97. The molecule has 3 N–H and O–H groups in total. The molecule has 0 aliphatic heterocycles. The first kappa shape index (κ1) is 24.9. The number of rotatable bonds is 5. The Labute approximate surface area is 208 Å². The Morgan fingerprint density at radius 3 is 2.14 bits per heavy atom. The van der Waals surface area contributed by atoms with Gasteiger partial charge in [-0.05, 0) is 35.3 Å². The van der Waals surface area contributed by atoms with E-state index >= 15 is 0 Å². The van der Waals surface area contributed by atoms with Gasteiger partial charge in [-0.2, -0.15) is 0 Å². The number of nitrogens with one attached hydrogen (secondary N) is 3. The molecule has 2 heterocycles. The van der Waals surface area contributed by atoms with Gasteiger partial charge in [0.05, 0.1) is 12.0 Å². The molecule has 0 bridgehead atoms. The van der Waals surface area contributed by atoms with E-state index in [2.05, 4.69) is 33.8 Å². The standard InChI is InChI=1S/C29H30N4O3/c1-17(2)19-9-11-20(12-10-19)25(34)21-8-6-7-18(13-21)14-23-27(35)33-24(28(36)32-23)15-22-26(29(3,4)5)31-16-30-22/h6-17H,1-5H3,(H,30,31)(H,32,36)(H,33,35)/b23-14-,24-15-. The molecule has 0 saturated carbocycles. The van der Waals surface area contributed by atoms with Crippen molar-refractivity contribution in [3.8, 4) is 0 Å². The molecule has 0 fully saturated rings.